The molecule has 0 bridgehead atoms. The second kappa shape index (κ2) is 5.13. The van der Waals surface area contributed by atoms with Crippen molar-refractivity contribution in [3.63, 3.8) is 0 Å². The molecule has 2 heteroatoms. The second-order valence-electron chi connectivity index (χ2n) is 4.82. The van der Waals surface area contributed by atoms with Gasteiger partial charge < -0.3 is 10.1 Å². The Hall–Kier alpha value is -0.340. The standard InChI is InChI=1S/C13H23NO/c1-10-12(8-9-15-10)13(14-2)11-6-4-3-5-7-11/h6,10,12-14H,3-5,7-9H2,1-2H3. The maximum Gasteiger partial charge on any atom is 0.0594 e. The average molecular weight is 209 g/mol. The van der Waals surface area contributed by atoms with Gasteiger partial charge in [0.05, 0.1) is 6.10 Å². The van der Waals surface area contributed by atoms with Crippen LogP contribution in [0.5, 0.6) is 0 Å². The van der Waals surface area contributed by atoms with E-state index in [1.165, 1.54) is 32.1 Å². The zero-order chi connectivity index (χ0) is 10.7. The van der Waals surface area contributed by atoms with Crippen LogP contribution in [0.4, 0.5) is 0 Å². The van der Waals surface area contributed by atoms with Crippen molar-refractivity contribution in [1.29, 1.82) is 0 Å². The molecule has 0 aromatic heterocycles. The lowest BCUT2D eigenvalue weighted by atomic mass is 9.83. The minimum Gasteiger partial charge on any atom is -0.378 e. The van der Waals surface area contributed by atoms with Gasteiger partial charge in [0.25, 0.3) is 0 Å². The molecule has 3 unspecified atom stereocenters. The van der Waals surface area contributed by atoms with Gasteiger partial charge in [-0.3, -0.25) is 0 Å². The predicted octanol–water partition coefficient (Wildman–Crippen LogP) is 2.50. The second-order valence-corrected chi connectivity index (χ2v) is 4.82. The topological polar surface area (TPSA) is 21.3 Å². The lowest BCUT2D eigenvalue weighted by molar-refractivity contribution is 0.0991. The Bertz CT molecular complexity index is 237. The Labute approximate surface area is 93.1 Å². The van der Waals surface area contributed by atoms with Gasteiger partial charge in [-0.25, -0.2) is 0 Å². The van der Waals surface area contributed by atoms with Crippen molar-refractivity contribution in [3.8, 4) is 0 Å². The van der Waals surface area contributed by atoms with Crippen molar-refractivity contribution in [2.24, 2.45) is 5.92 Å². The molecule has 0 aromatic rings. The van der Waals surface area contributed by atoms with Crippen LogP contribution in [0.15, 0.2) is 11.6 Å². The van der Waals surface area contributed by atoms with E-state index in [0.29, 0.717) is 18.1 Å². The van der Waals surface area contributed by atoms with Crippen molar-refractivity contribution in [2.45, 2.75) is 51.2 Å². The number of allylic oxidation sites excluding steroid dienone is 1. The van der Waals surface area contributed by atoms with Crippen LogP contribution in [0, 0.1) is 5.92 Å². The molecule has 2 nitrogen and oxygen atoms in total. The summed E-state index contributed by atoms with van der Waals surface area (Å²) in [5.74, 6) is 0.680. The van der Waals surface area contributed by atoms with Crippen LogP contribution >= 0.6 is 0 Å². The quantitative estimate of drug-likeness (QED) is 0.721. The Balaban J connectivity index is 2.05. The van der Waals surface area contributed by atoms with Crippen molar-refractivity contribution < 1.29 is 4.74 Å². The van der Waals surface area contributed by atoms with Crippen molar-refractivity contribution >= 4 is 0 Å². The van der Waals surface area contributed by atoms with Crippen molar-refractivity contribution in [1.82, 2.24) is 5.32 Å². The molecule has 1 heterocycles. The highest BCUT2D eigenvalue weighted by Crippen LogP contribution is 2.31. The molecule has 3 atom stereocenters. The molecule has 1 fully saturated rings. The third-order valence-corrected chi connectivity index (χ3v) is 3.90. The van der Waals surface area contributed by atoms with E-state index in [2.05, 4.69) is 25.4 Å². The predicted molar refractivity (Wildman–Crippen MR) is 62.9 cm³/mol. The van der Waals surface area contributed by atoms with Crippen LogP contribution in [-0.4, -0.2) is 25.8 Å². The van der Waals surface area contributed by atoms with E-state index in [1.54, 1.807) is 5.57 Å². The van der Waals surface area contributed by atoms with E-state index in [4.69, 9.17) is 4.74 Å². The Morgan fingerprint density at radius 2 is 2.33 bits per heavy atom. The van der Waals surface area contributed by atoms with E-state index in [9.17, 15) is 0 Å². The molecular weight excluding hydrogens is 186 g/mol. The van der Waals surface area contributed by atoms with Crippen LogP contribution < -0.4 is 5.32 Å². The first-order valence-corrected chi connectivity index (χ1v) is 6.30. The molecule has 1 saturated heterocycles. The van der Waals surface area contributed by atoms with Crippen LogP contribution in [-0.2, 0) is 4.74 Å². The lowest BCUT2D eigenvalue weighted by Gasteiger charge is -2.29. The lowest BCUT2D eigenvalue weighted by Crippen LogP contribution is -2.39. The first-order valence-electron chi connectivity index (χ1n) is 6.30. The monoisotopic (exact) mass is 209 g/mol. The van der Waals surface area contributed by atoms with Gasteiger partial charge in [0, 0.05) is 18.6 Å². The summed E-state index contributed by atoms with van der Waals surface area (Å²) in [5.41, 5.74) is 1.63. The summed E-state index contributed by atoms with van der Waals surface area (Å²) in [6, 6.07) is 0.558. The summed E-state index contributed by atoms with van der Waals surface area (Å²) in [4.78, 5) is 0. The number of hydrogen-bond donors (Lipinski definition) is 1. The number of likely N-dealkylation sites (N-methyl/N-ethyl adjacent to an activating group) is 1. The van der Waals surface area contributed by atoms with Gasteiger partial charge in [0.2, 0.25) is 0 Å². The fraction of sp³-hybridized carbons (Fsp3) is 0.846. The summed E-state index contributed by atoms with van der Waals surface area (Å²) in [6.45, 7) is 3.16. The molecule has 2 aliphatic rings. The summed E-state index contributed by atoms with van der Waals surface area (Å²) >= 11 is 0. The normalized spacial score (nSPS) is 33.9. The van der Waals surface area contributed by atoms with Crippen molar-refractivity contribution in [2.75, 3.05) is 13.7 Å². The third-order valence-electron chi connectivity index (χ3n) is 3.90. The number of rotatable bonds is 3. The average Bonchev–Trinajstić information content (AvgIpc) is 2.68. The first kappa shape index (κ1) is 11.2. The minimum absolute atomic E-state index is 0.422. The highest BCUT2D eigenvalue weighted by Gasteiger charge is 2.32. The van der Waals surface area contributed by atoms with Gasteiger partial charge >= 0.3 is 0 Å². The van der Waals surface area contributed by atoms with E-state index in [-0.39, 0.29) is 0 Å². The summed E-state index contributed by atoms with van der Waals surface area (Å²) < 4.78 is 5.67. The number of nitrogens with one attached hydrogen (secondary N) is 1. The van der Waals surface area contributed by atoms with Gasteiger partial charge in [-0.05, 0) is 46.1 Å². The zero-order valence-electron chi connectivity index (χ0n) is 9.96. The summed E-state index contributed by atoms with van der Waals surface area (Å²) in [7, 11) is 2.09. The van der Waals surface area contributed by atoms with Crippen LogP contribution in [0.25, 0.3) is 0 Å². The molecule has 0 saturated carbocycles. The molecule has 1 aliphatic heterocycles. The number of ether oxygens (including phenoxy) is 1. The molecule has 15 heavy (non-hydrogen) atoms. The van der Waals surface area contributed by atoms with Gasteiger partial charge in [0.15, 0.2) is 0 Å². The zero-order valence-corrected chi connectivity index (χ0v) is 9.96. The molecule has 0 amide bonds. The Kier molecular flexibility index (Phi) is 3.81. The van der Waals surface area contributed by atoms with Gasteiger partial charge in [0.1, 0.15) is 0 Å². The summed E-state index contributed by atoms with van der Waals surface area (Å²) in [5, 5.41) is 3.50. The van der Waals surface area contributed by atoms with Gasteiger partial charge in [-0.15, -0.1) is 0 Å². The maximum atomic E-state index is 5.67. The molecule has 1 N–H and O–H groups in total. The fourth-order valence-corrected chi connectivity index (χ4v) is 3.01. The molecule has 86 valence electrons. The Morgan fingerprint density at radius 1 is 1.47 bits per heavy atom. The van der Waals surface area contributed by atoms with E-state index in [1.807, 2.05) is 0 Å². The van der Waals surface area contributed by atoms with Crippen LogP contribution in [0.1, 0.15) is 39.0 Å². The van der Waals surface area contributed by atoms with E-state index >= 15 is 0 Å². The van der Waals surface area contributed by atoms with E-state index in [0.717, 1.165) is 6.61 Å². The minimum atomic E-state index is 0.422. The molecule has 0 spiro atoms. The van der Waals surface area contributed by atoms with E-state index < -0.39 is 0 Å². The third kappa shape index (κ3) is 2.43. The highest BCUT2D eigenvalue weighted by molar-refractivity contribution is 5.15. The fourth-order valence-electron chi connectivity index (χ4n) is 3.01. The largest absolute Gasteiger partial charge is 0.378 e. The van der Waals surface area contributed by atoms with Gasteiger partial charge in [-0.2, -0.15) is 0 Å². The molecule has 1 aliphatic carbocycles. The van der Waals surface area contributed by atoms with Crippen LogP contribution in [0.3, 0.4) is 0 Å². The van der Waals surface area contributed by atoms with Crippen molar-refractivity contribution in [3.05, 3.63) is 11.6 Å². The molecule has 0 radical (unpaired) electrons. The summed E-state index contributed by atoms with van der Waals surface area (Å²) in [6.07, 6.45) is 9.39. The molecular formula is C13H23NO. The SMILES string of the molecule is CNC(C1=CCCCC1)C1CCOC1C. The smallest absolute Gasteiger partial charge is 0.0594 e. The first-order chi connectivity index (χ1) is 7.33. The number of hydrogen-bond acceptors (Lipinski definition) is 2. The molecule has 0 aromatic carbocycles. The highest BCUT2D eigenvalue weighted by atomic mass is 16.5. The Morgan fingerprint density at radius 3 is 2.87 bits per heavy atom. The molecule has 2 rings (SSSR count). The van der Waals surface area contributed by atoms with Gasteiger partial charge in [-0.1, -0.05) is 11.6 Å². The van der Waals surface area contributed by atoms with Crippen LogP contribution in [0.2, 0.25) is 0 Å². The maximum absolute atomic E-state index is 5.67.